The lowest BCUT2D eigenvalue weighted by molar-refractivity contribution is -0.143. The summed E-state index contributed by atoms with van der Waals surface area (Å²) < 4.78 is 83.6. The molecule has 2 N–H and O–H groups in total. The molecule has 2 amide bonds. The second-order valence-corrected chi connectivity index (χ2v) is 6.83. The molecule has 3 rings (SSSR count). The molecule has 0 atom stereocenters. The fourth-order valence-electron chi connectivity index (χ4n) is 2.76. The Morgan fingerprint density at radius 3 is 1.91 bits per heavy atom. The number of alkyl halides is 6. The van der Waals surface area contributed by atoms with E-state index in [0.29, 0.717) is 12.1 Å². The molecule has 2 aromatic carbocycles. The van der Waals surface area contributed by atoms with E-state index in [9.17, 15) is 35.9 Å². The predicted octanol–water partition coefficient (Wildman–Crippen LogP) is 5.52. The number of hydrogen-bond donors (Lipinski definition) is 2. The van der Waals surface area contributed by atoms with Crippen molar-refractivity contribution in [3.63, 3.8) is 0 Å². The largest absolute Gasteiger partial charge is 0.457 e. The van der Waals surface area contributed by atoms with Crippen molar-refractivity contribution in [1.29, 1.82) is 0 Å². The Kier molecular flexibility index (Phi) is 6.80. The molecule has 34 heavy (non-hydrogen) atoms. The Morgan fingerprint density at radius 1 is 0.794 bits per heavy atom. The molecule has 178 valence electrons. The Labute approximate surface area is 188 Å². The fourth-order valence-corrected chi connectivity index (χ4v) is 2.76. The minimum absolute atomic E-state index is 0.0580. The normalized spacial score (nSPS) is 11.6. The summed E-state index contributed by atoms with van der Waals surface area (Å²) in [6.07, 6.45) is -8.78. The van der Waals surface area contributed by atoms with Crippen molar-refractivity contribution in [2.45, 2.75) is 12.4 Å². The quantitative estimate of drug-likeness (QED) is 0.468. The number of benzene rings is 2. The molecule has 0 saturated heterocycles. The Balaban J connectivity index is 1.77. The van der Waals surface area contributed by atoms with Gasteiger partial charge in [0.25, 0.3) is 11.8 Å². The van der Waals surface area contributed by atoms with E-state index in [1.807, 2.05) is 0 Å². The third-order valence-electron chi connectivity index (χ3n) is 4.39. The molecule has 0 saturated carbocycles. The number of nitrogens with zero attached hydrogens (tertiary/aromatic N) is 1. The maximum Gasteiger partial charge on any atom is 0.416 e. The first kappa shape index (κ1) is 24.6. The topological polar surface area (TPSA) is 80.3 Å². The molecule has 0 fully saturated rings. The van der Waals surface area contributed by atoms with Gasteiger partial charge in [-0.05, 0) is 48.5 Å². The standard InChI is InChI=1S/C22H15F6N3O3/c1-29-20(33)18-11-17(6-7-30-18)34-16-4-2-15(3-5-16)31-19(32)12-8-13(21(23,24)25)10-14(9-12)22(26,27)28/h2-11H,1H3,(H,29,33)(H,31,32). The Bertz CT molecular complexity index is 1180. The van der Waals surface area contributed by atoms with Crippen LogP contribution in [0.25, 0.3) is 0 Å². The van der Waals surface area contributed by atoms with Gasteiger partial charge >= 0.3 is 12.4 Å². The molecule has 1 heterocycles. The van der Waals surface area contributed by atoms with E-state index >= 15 is 0 Å². The monoisotopic (exact) mass is 483 g/mol. The number of anilines is 1. The molecule has 12 heteroatoms. The number of carbonyl (C=O) groups is 2. The van der Waals surface area contributed by atoms with E-state index in [2.05, 4.69) is 15.6 Å². The van der Waals surface area contributed by atoms with Gasteiger partial charge in [0.1, 0.15) is 17.2 Å². The van der Waals surface area contributed by atoms with Crippen molar-refractivity contribution in [1.82, 2.24) is 10.3 Å². The lowest BCUT2D eigenvalue weighted by Gasteiger charge is -2.14. The molecule has 6 nitrogen and oxygen atoms in total. The molecule has 0 aliphatic carbocycles. The molecule has 0 radical (unpaired) electrons. The first-order valence-corrected chi connectivity index (χ1v) is 9.43. The second-order valence-electron chi connectivity index (χ2n) is 6.83. The summed E-state index contributed by atoms with van der Waals surface area (Å²) in [5, 5.41) is 4.66. The summed E-state index contributed by atoms with van der Waals surface area (Å²) in [7, 11) is 1.44. The van der Waals surface area contributed by atoms with E-state index in [0.717, 1.165) is 0 Å². The van der Waals surface area contributed by atoms with Gasteiger partial charge in [-0.25, -0.2) is 0 Å². The number of halogens is 6. The minimum Gasteiger partial charge on any atom is -0.457 e. The number of rotatable bonds is 5. The number of nitrogens with one attached hydrogen (secondary N) is 2. The molecular formula is C22H15F6N3O3. The third kappa shape index (κ3) is 6.03. The van der Waals surface area contributed by atoms with Gasteiger partial charge < -0.3 is 15.4 Å². The van der Waals surface area contributed by atoms with Crippen LogP contribution in [-0.2, 0) is 12.4 Å². The summed E-state index contributed by atoms with van der Waals surface area (Å²) in [4.78, 5) is 27.9. The van der Waals surface area contributed by atoms with E-state index in [1.165, 1.54) is 49.6 Å². The molecule has 0 bridgehead atoms. The van der Waals surface area contributed by atoms with Crippen LogP contribution in [0.4, 0.5) is 32.0 Å². The molecule has 0 aliphatic heterocycles. The smallest absolute Gasteiger partial charge is 0.416 e. The van der Waals surface area contributed by atoms with Gasteiger partial charge in [-0.1, -0.05) is 0 Å². The van der Waals surface area contributed by atoms with Crippen molar-refractivity contribution >= 4 is 17.5 Å². The molecule has 3 aromatic rings. The van der Waals surface area contributed by atoms with Gasteiger partial charge in [0.2, 0.25) is 0 Å². The Hall–Kier alpha value is -4.09. The van der Waals surface area contributed by atoms with Gasteiger partial charge in [0, 0.05) is 30.6 Å². The molecule has 0 aliphatic rings. The highest BCUT2D eigenvalue weighted by Crippen LogP contribution is 2.36. The van der Waals surface area contributed by atoms with Crippen LogP contribution in [0.2, 0.25) is 0 Å². The lowest BCUT2D eigenvalue weighted by Crippen LogP contribution is -2.18. The predicted molar refractivity (Wildman–Crippen MR) is 109 cm³/mol. The number of aromatic nitrogens is 1. The van der Waals surface area contributed by atoms with Crippen LogP contribution in [0.1, 0.15) is 32.0 Å². The Morgan fingerprint density at radius 2 is 1.38 bits per heavy atom. The van der Waals surface area contributed by atoms with Gasteiger partial charge in [-0.2, -0.15) is 26.3 Å². The maximum atomic E-state index is 13.0. The molecule has 0 unspecified atom stereocenters. The van der Waals surface area contributed by atoms with Crippen LogP contribution in [0.3, 0.4) is 0 Å². The number of ether oxygens (including phenoxy) is 1. The van der Waals surface area contributed by atoms with Crippen molar-refractivity contribution in [2.75, 3.05) is 12.4 Å². The van der Waals surface area contributed by atoms with Gasteiger partial charge in [-0.15, -0.1) is 0 Å². The van der Waals surface area contributed by atoms with Crippen LogP contribution in [0, 0.1) is 0 Å². The molecule has 0 spiro atoms. The van der Waals surface area contributed by atoms with Crippen LogP contribution in [0.5, 0.6) is 11.5 Å². The lowest BCUT2D eigenvalue weighted by atomic mass is 10.0. The zero-order valence-corrected chi connectivity index (χ0v) is 17.2. The zero-order valence-electron chi connectivity index (χ0n) is 17.2. The number of amides is 2. The van der Waals surface area contributed by atoms with Crippen LogP contribution >= 0.6 is 0 Å². The van der Waals surface area contributed by atoms with Crippen molar-refractivity contribution in [3.05, 3.63) is 83.2 Å². The average Bonchev–Trinajstić information content (AvgIpc) is 2.78. The zero-order chi connectivity index (χ0) is 25.1. The highest BCUT2D eigenvalue weighted by atomic mass is 19.4. The second kappa shape index (κ2) is 9.41. The van der Waals surface area contributed by atoms with Crippen molar-refractivity contribution in [3.8, 4) is 11.5 Å². The number of pyridine rings is 1. The van der Waals surface area contributed by atoms with Gasteiger partial charge in [0.05, 0.1) is 11.1 Å². The van der Waals surface area contributed by atoms with Crippen LogP contribution in [-0.4, -0.2) is 23.8 Å². The fraction of sp³-hybridized carbons (Fsp3) is 0.136. The molecular weight excluding hydrogens is 468 g/mol. The summed E-state index contributed by atoms with van der Waals surface area (Å²) in [6.45, 7) is 0. The summed E-state index contributed by atoms with van der Waals surface area (Å²) in [5.74, 6) is -1.01. The van der Waals surface area contributed by atoms with E-state index < -0.39 is 40.9 Å². The first-order chi connectivity index (χ1) is 15.9. The summed E-state index contributed by atoms with van der Waals surface area (Å²) in [5.41, 5.74) is -3.78. The summed E-state index contributed by atoms with van der Waals surface area (Å²) in [6, 6.07) is 9.00. The number of hydrogen-bond acceptors (Lipinski definition) is 4. The van der Waals surface area contributed by atoms with Crippen LogP contribution in [0.15, 0.2) is 60.8 Å². The van der Waals surface area contributed by atoms with E-state index in [1.54, 1.807) is 0 Å². The number of carbonyl (C=O) groups excluding carboxylic acids is 2. The SMILES string of the molecule is CNC(=O)c1cc(Oc2ccc(NC(=O)c3cc(C(F)(F)F)cc(C(F)(F)F)c3)cc2)ccn1. The molecule has 1 aromatic heterocycles. The van der Waals surface area contributed by atoms with Crippen molar-refractivity contribution < 1.29 is 40.7 Å². The minimum atomic E-state index is -5.07. The highest BCUT2D eigenvalue weighted by Gasteiger charge is 2.37. The highest BCUT2D eigenvalue weighted by molar-refractivity contribution is 6.04. The van der Waals surface area contributed by atoms with Crippen LogP contribution < -0.4 is 15.4 Å². The first-order valence-electron chi connectivity index (χ1n) is 9.43. The van der Waals surface area contributed by atoms with E-state index in [-0.39, 0.29) is 28.9 Å². The summed E-state index contributed by atoms with van der Waals surface area (Å²) >= 11 is 0. The van der Waals surface area contributed by atoms with Gasteiger partial charge in [0.15, 0.2) is 0 Å². The van der Waals surface area contributed by atoms with E-state index in [4.69, 9.17) is 4.74 Å². The third-order valence-corrected chi connectivity index (χ3v) is 4.39. The maximum absolute atomic E-state index is 13.0. The van der Waals surface area contributed by atoms with Crippen molar-refractivity contribution in [2.24, 2.45) is 0 Å². The van der Waals surface area contributed by atoms with Gasteiger partial charge in [-0.3, -0.25) is 14.6 Å². The average molecular weight is 483 g/mol.